The maximum absolute atomic E-state index is 13.3. The number of aromatic nitrogens is 2. The SMILES string of the molecule is CCCCCc1[nH]nc2ccc(Oc3c(C)cc(N)cc3C)c(C(=O)OC(C)(C)C)c12. The second kappa shape index (κ2) is 9.00. The number of nitrogens with one attached hydrogen (secondary N) is 1. The van der Waals surface area contributed by atoms with Crippen LogP contribution >= 0.6 is 0 Å². The fourth-order valence-corrected chi connectivity index (χ4v) is 3.76. The number of nitrogens with zero attached hydrogens (tertiary/aromatic N) is 1. The summed E-state index contributed by atoms with van der Waals surface area (Å²) in [4.78, 5) is 13.3. The molecule has 0 aliphatic carbocycles. The van der Waals surface area contributed by atoms with Crippen LogP contribution in [0, 0.1) is 13.8 Å². The van der Waals surface area contributed by atoms with Gasteiger partial charge < -0.3 is 15.2 Å². The van der Waals surface area contributed by atoms with E-state index in [1.165, 1.54) is 0 Å². The van der Waals surface area contributed by atoms with Crippen molar-refractivity contribution in [1.29, 1.82) is 0 Å². The summed E-state index contributed by atoms with van der Waals surface area (Å²) in [5.74, 6) is 0.724. The van der Waals surface area contributed by atoms with Gasteiger partial charge in [-0.2, -0.15) is 5.10 Å². The van der Waals surface area contributed by atoms with E-state index in [9.17, 15) is 4.79 Å². The molecule has 1 aromatic heterocycles. The van der Waals surface area contributed by atoms with Gasteiger partial charge in [-0.1, -0.05) is 19.8 Å². The number of unbranched alkanes of at least 4 members (excludes halogenated alkanes) is 2. The van der Waals surface area contributed by atoms with Crippen molar-refractivity contribution in [2.75, 3.05) is 5.73 Å². The van der Waals surface area contributed by atoms with Gasteiger partial charge in [-0.05, 0) is 82.9 Å². The van der Waals surface area contributed by atoms with Crippen molar-refractivity contribution in [3.8, 4) is 11.5 Å². The number of aromatic amines is 1. The minimum absolute atomic E-state index is 0.406. The van der Waals surface area contributed by atoms with E-state index in [1.807, 2.05) is 52.8 Å². The third-order valence-corrected chi connectivity index (χ3v) is 5.09. The number of fused-ring (bicyclic) bond motifs is 1. The first kappa shape index (κ1) is 22.7. The van der Waals surface area contributed by atoms with Crippen LogP contribution in [-0.4, -0.2) is 21.8 Å². The lowest BCUT2D eigenvalue weighted by molar-refractivity contribution is 0.00694. The molecule has 6 heteroatoms. The second-order valence-corrected chi connectivity index (χ2v) is 9.08. The van der Waals surface area contributed by atoms with E-state index in [1.54, 1.807) is 6.07 Å². The van der Waals surface area contributed by atoms with Gasteiger partial charge in [0.25, 0.3) is 0 Å². The van der Waals surface area contributed by atoms with Crippen molar-refractivity contribution in [3.05, 3.63) is 46.6 Å². The maximum Gasteiger partial charge on any atom is 0.343 e. The number of H-pyrrole nitrogens is 1. The molecular weight excluding hydrogens is 390 g/mol. The van der Waals surface area contributed by atoms with Crippen LogP contribution < -0.4 is 10.5 Å². The number of esters is 1. The van der Waals surface area contributed by atoms with Crippen LogP contribution in [0.25, 0.3) is 10.9 Å². The van der Waals surface area contributed by atoms with Crippen LogP contribution in [0.4, 0.5) is 5.69 Å². The standard InChI is InChI=1S/C25H33N3O3/c1-7-8-9-10-18-21-19(28-27-18)11-12-20(22(21)24(29)31-25(4,5)6)30-23-15(2)13-17(26)14-16(23)3/h11-14H,7-10,26H2,1-6H3,(H,27,28). The number of nitrogens with two attached hydrogens (primary N) is 1. The van der Waals surface area contributed by atoms with Gasteiger partial charge in [0.2, 0.25) is 0 Å². The quantitative estimate of drug-likeness (QED) is 0.267. The number of hydrogen-bond acceptors (Lipinski definition) is 5. The van der Waals surface area contributed by atoms with Crippen LogP contribution in [0.1, 0.15) is 74.1 Å². The molecule has 0 radical (unpaired) electrons. The molecule has 6 nitrogen and oxygen atoms in total. The lowest BCUT2D eigenvalue weighted by Crippen LogP contribution is -2.24. The summed E-state index contributed by atoms with van der Waals surface area (Å²) in [6, 6.07) is 7.39. The molecule has 3 aromatic rings. The lowest BCUT2D eigenvalue weighted by Gasteiger charge is -2.22. The average Bonchev–Trinajstić information content (AvgIpc) is 3.06. The van der Waals surface area contributed by atoms with Crippen molar-refractivity contribution < 1.29 is 14.3 Å². The van der Waals surface area contributed by atoms with Crippen LogP contribution in [0.2, 0.25) is 0 Å². The van der Waals surface area contributed by atoms with E-state index >= 15 is 0 Å². The molecule has 31 heavy (non-hydrogen) atoms. The highest BCUT2D eigenvalue weighted by Gasteiger charge is 2.27. The Morgan fingerprint density at radius 3 is 2.42 bits per heavy atom. The Labute approximate surface area is 184 Å². The molecule has 0 fully saturated rings. The highest BCUT2D eigenvalue weighted by molar-refractivity contribution is 6.07. The first-order valence-electron chi connectivity index (χ1n) is 10.9. The smallest absolute Gasteiger partial charge is 0.343 e. The number of carbonyl (C=O) groups excluding carboxylic acids is 1. The molecule has 0 amide bonds. The Bertz CT molecular complexity index is 1070. The van der Waals surface area contributed by atoms with Crippen molar-refractivity contribution in [1.82, 2.24) is 10.2 Å². The molecular formula is C25H33N3O3. The van der Waals surface area contributed by atoms with E-state index < -0.39 is 11.6 Å². The zero-order valence-electron chi connectivity index (χ0n) is 19.4. The summed E-state index contributed by atoms with van der Waals surface area (Å²) in [6.07, 6.45) is 4.06. The highest BCUT2D eigenvalue weighted by atomic mass is 16.6. The molecule has 0 atom stereocenters. The predicted molar refractivity (Wildman–Crippen MR) is 125 cm³/mol. The van der Waals surface area contributed by atoms with Crippen molar-refractivity contribution >= 4 is 22.6 Å². The fraction of sp³-hybridized carbons (Fsp3) is 0.440. The van der Waals surface area contributed by atoms with Crippen LogP contribution in [0.15, 0.2) is 24.3 Å². The number of nitrogen functional groups attached to an aromatic ring is 1. The van der Waals surface area contributed by atoms with Crippen molar-refractivity contribution in [2.45, 2.75) is 72.8 Å². The van der Waals surface area contributed by atoms with E-state index in [2.05, 4.69) is 17.1 Å². The average molecular weight is 424 g/mol. The van der Waals surface area contributed by atoms with Crippen LogP contribution in [-0.2, 0) is 11.2 Å². The van der Waals surface area contributed by atoms with E-state index in [0.29, 0.717) is 22.7 Å². The molecule has 1 heterocycles. The zero-order chi connectivity index (χ0) is 22.8. The largest absolute Gasteiger partial charge is 0.456 e. The molecule has 0 saturated heterocycles. The maximum atomic E-state index is 13.3. The molecule has 3 rings (SSSR count). The number of hydrogen-bond donors (Lipinski definition) is 2. The summed E-state index contributed by atoms with van der Waals surface area (Å²) in [7, 11) is 0. The molecule has 3 N–H and O–H groups in total. The number of anilines is 1. The minimum Gasteiger partial charge on any atom is -0.456 e. The summed E-state index contributed by atoms with van der Waals surface area (Å²) < 4.78 is 12.1. The molecule has 166 valence electrons. The first-order valence-corrected chi connectivity index (χ1v) is 10.9. The first-order chi connectivity index (χ1) is 14.6. The monoisotopic (exact) mass is 423 g/mol. The number of carbonyl (C=O) groups is 1. The predicted octanol–water partition coefficient (Wildman–Crippen LogP) is 6.24. The number of aryl methyl sites for hydroxylation is 3. The van der Waals surface area contributed by atoms with Gasteiger partial charge in [-0.15, -0.1) is 0 Å². The molecule has 0 aliphatic rings. The Morgan fingerprint density at radius 1 is 1.13 bits per heavy atom. The molecule has 0 unspecified atom stereocenters. The minimum atomic E-state index is -0.629. The Hall–Kier alpha value is -3.02. The third-order valence-electron chi connectivity index (χ3n) is 5.09. The summed E-state index contributed by atoms with van der Waals surface area (Å²) in [5, 5.41) is 8.32. The van der Waals surface area contributed by atoms with Gasteiger partial charge >= 0.3 is 5.97 Å². The third kappa shape index (κ3) is 5.19. The van der Waals surface area contributed by atoms with Gasteiger partial charge in [0.1, 0.15) is 22.7 Å². The molecule has 0 aliphatic heterocycles. The second-order valence-electron chi connectivity index (χ2n) is 9.08. The molecule has 2 aromatic carbocycles. The number of benzene rings is 2. The topological polar surface area (TPSA) is 90.2 Å². The lowest BCUT2D eigenvalue weighted by atomic mass is 10.0. The summed E-state index contributed by atoms with van der Waals surface area (Å²) >= 11 is 0. The van der Waals surface area contributed by atoms with Crippen LogP contribution in [0.5, 0.6) is 11.5 Å². The van der Waals surface area contributed by atoms with Crippen molar-refractivity contribution in [3.63, 3.8) is 0 Å². The Morgan fingerprint density at radius 2 is 1.81 bits per heavy atom. The van der Waals surface area contributed by atoms with Gasteiger partial charge in [0.15, 0.2) is 0 Å². The van der Waals surface area contributed by atoms with Crippen LogP contribution in [0.3, 0.4) is 0 Å². The molecule has 0 saturated carbocycles. The Balaban J connectivity index is 2.15. The van der Waals surface area contributed by atoms with Crippen molar-refractivity contribution in [2.24, 2.45) is 0 Å². The molecule has 0 bridgehead atoms. The van der Waals surface area contributed by atoms with E-state index in [0.717, 1.165) is 53.4 Å². The van der Waals surface area contributed by atoms with Gasteiger partial charge in [-0.3, -0.25) is 5.10 Å². The zero-order valence-corrected chi connectivity index (χ0v) is 19.4. The van der Waals surface area contributed by atoms with Gasteiger partial charge in [-0.25, -0.2) is 4.79 Å². The van der Waals surface area contributed by atoms with E-state index in [-0.39, 0.29) is 0 Å². The molecule has 0 spiro atoms. The van der Waals surface area contributed by atoms with E-state index in [4.69, 9.17) is 15.2 Å². The summed E-state index contributed by atoms with van der Waals surface area (Å²) in [6.45, 7) is 11.6. The Kier molecular flexibility index (Phi) is 6.58. The van der Waals surface area contributed by atoms with Gasteiger partial charge in [0.05, 0.1) is 5.52 Å². The number of rotatable bonds is 7. The normalized spacial score (nSPS) is 11.7. The number of ether oxygens (including phenoxy) is 2. The highest BCUT2D eigenvalue weighted by Crippen LogP contribution is 2.37. The fourth-order valence-electron chi connectivity index (χ4n) is 3.76. The summed E-state index contributed by atoms with van der Waals surface area (Å²) in [5.41, 5.74) is 9.89. The van der Waals surface area contributed by atoms with Gasteiger partial charge in [0, 0.05) is 16.8 Å².